The molecule has 0 heterocycles. The van der Waals surface area contributed by atoms with Crippen LogP contribution in [0.15, 0.2) is 18.2 Å². The third kappa shape index (κ3) is 5.39. The largest absolute Gasteiger partial charge is 0.504 e. The fraction of sp³-hybridized carbons (Fsp3) is 0.625. The topological polar surface area (TPSA) is 35.9 Å². The van der Waals surface area contributed by atoms with Crippen molar-refractivity contribution < 1.29 is 9.84 Å². The molecule has 4 heteroatoms. The molecule has 0 atom stereocenters. The van der Waals surface area contributed by atoms with Crippen LogP contribution in [0.4, 0.5) is 0 Å². The molecule has 0 unspecified atom stereocenters. The molecule has 20 heavy (non-hydrogen) atoms. The standard InChI is InChI=1S/C16H28N2O2/c1-5-18(12-8-11-17(3)4)13-14-9-7-10-15(16(14)19)20-6-2/h7,9-10,19H,5-6,8,11-13H2,1-4H3. The fourth-order valence-corrected chi connectivity index (χ4v) is 2.17. The van der Waals surface area contributed by atoms with Gasteiger partial charge >= 0.3 is 0 Å². The van der Waals surface area contributed by atoms with Crippen molar-refractivity contribution in [2.24, 2.45) is 0 Å². The van der Waals surface area contributed by atoms with Crippen molar-refractivity contribution >= 4 is 0 Å². The Bertz CT molecular complexity index is 394. The van der Waals surface area contributed by atoms with Gasteiger partial charge in [-0.1, -0.05) is 19.1 Å². The Morgan fingerprint density at radius 1 is 1.15 bits per heavy atom. The SMILES string of the molecule is CCOc1cccc(CN(CC)CCCN(C)C)c1O. The zero-order chi connectivity index (χ0) is 15.0. The van der Waals surface area contributed by atoms with E-state index in [4.69, 9.17) is 4.74 Å². The summed E-state index contributed by atoms with van der Waals surface area (Å²) in [6, 6.07) is 5.71. The number of phenols is 1. The van der Waals surface area contributed by atoms with Crippen LogP contribution in [-0.2, 0) is 6.54 Å². The maximum absolute atomic E-state index is 10.2. The molecular formula is C16H28N2O2. The molecule has 0 amide bonds. The van der Waals surface area contributed by atoms with E-state index in [1.807, 2.05) is 25.1 Å². The first-order valence-corrected chi connectivity index (χ1v) is 7.39. The van der Waals surface area contributed by atoms with Gasteiger partial charge in [-0.2, -0.15) is 0 Å². The van der Waals surface area contributed by atoms with Gasteiger partial charge in [-0.05, 0) is 53.1 Å². The highest BCUT2D eigenvalue weighted by Crippen LogP contribution is 2.30. The Labute approximate surface area is 123 Å². The molecule has 0 fully saturated rings. The minimum absolute atomic E-state index is 0.278. The van der Waals surface area contributed by atoms with E-state index in [1.165, 1.54) is 0 Å². The van der Waals surface area contributed by atoms with E-state index in [9.17, 15) is 5.11 Å². The van der Waals surface area contributed by atoms with Crippen molar-refractivity contribution in [1.29, 1.82) is 0 Å². The second kappa shape index (κ2) is 8.82. The van der Waals surface area contributed by atoms with Gasteiger partial charge in [0.2, 0.25) is 0 Å². The fourth-order valence-electron chi connectivity index (χ4n) is 2.17. The van der Waals surface area contributed by atoms with Crippen molar-refractivity contribution in [2.75, 3.05) is 40.3 Å². The Morgan fingerprint density at radius 2 is 1.90 bits per heavy atom. The molecule has 0 aliphatic heterocycles. The molecular weight excluding hydrogens is 252 g/mol. The number of benzene rings is 1. The summed E-state index contributed by atoms with van der Waals surface area (Å²) in [6.07, 6.45) is 1.13. The first-order valence-electron chi connectivity index (χ1n) is 7.39. The maximum atomic E-state index is 10.2. The van der Waals surface area contributed by atoms with Gasteiger partial charge in [-0.25, -0.2) is 0 Å². The summed E-state index contributed by atoms with van der Waals surface area (Å²) in [5, 5.41) is 10.2. The molecule has 0 saturated carbocycles. The van der Waals surface area contributed by atoms with E-state index >= 15 is 0 Å². The first kappa shape index (κ1) is 16.8. The second-order valence-corrected chi connectivity index (χ2v) is 5.22. The quantitative estimate of drug-likeness (QED) is 0.754. The van der Waals surface area contributed by atoms with E-state index < -0.39 is 0 Å². The lowest BCUT2D eigenvalue weighted by molar-refractivity contribution is 0.253. The first-order chi connectivity index (χ1) is 9.58. The average Bonchev–Trinajstić information content (AvgIpc) is 2.41. The van der Waals surface area contributed by atoms with Gasteiger partial charge in [-0.3, -0.25) is 4.90 Å². The summed E-state index contributed by atoms with van der Waals surface area (Å²) in [6.45, 7) is 8.50. The third-order valence-corrected chi connectivity index (χ3v) is 3.30. The summed E-state index contributed by atoms with van der Waals surface area (Å²) in [5.41, 5.74) is 0.933. The molecule has 0 aliphatic carbocycles. The molecule has 4 nitrogen and oxygen atoms in total. The Balaban J connectivity index is 2.62. The van der Waals surface area contributed by atoms with Gasteiger partial charge in [0.15, 0.2) is 11.5 Å². The molecule has 1 aromatic rings. The number of hydrogen-bond donors (Lipinski definition) is 1. The van der Waals surface area contributed by atoms with Crippen LogP contribution in [0.5, 0.6) is 11.5 Å². The Morgan fingerprint density at radius 3 is 2.50 bits per heavy atom. The number of hydrogen-bond acceptors (Lipinski definition) is 4. The molecule has 0 saturated heterocycles. The molecule has 0 bridgehead atoms. The summed E-state index contributed by atoms with van der Waals surface area (Å²) in [4.78, 5) is 4.54. The van der Waals surface area contributed by atoms with Gasteiger partial charge < -0.3 is 14.7 Å². The van der Waals surface area contributed by atoms with E-state index in [-0.39, 0.29) is 5.75 Å². The highest BCUT2D eigenvalue weighted by Gasteiger charge is 2.11. The molecule has 0 aromatic heterocycles. The predicted molar refractivity (Wildman–Crippen MR) is 83.4 cm³/mol. The second-order valence-electron chi connectivity index (χ2n) is 5.22. The molecule has 0 aliphatic rings. The summed E-state index contributed by atoms with van der Waals surface area (Å²) in [5.74, 6) is 0.856. The molecule has 0 spiro atoms. The van der Waals surface area contributed by atoms with Gasteiger partial charge in [0, 0.05) is 12.1 Å². The number of ether oxygens (including phenoxy) is 1. The molecule has 1 rings (SSSR count). The van der Waals surface area contributed by atoms with Crippen molar-refractivity contribution in [1.82, 2.24) is 9.80 Å². The third-order valence-electron chi connectivity index (χ3n) is 3.30. The maximum Gasteiger partial charge on any atom is 0.162 e. The minimum Gasteiger partial charge on any atom is -0.504 e. The van der Waals surface area contributed by atoms with Gasteiger partial charge in [0.1, 0.15) is 0 Å². The van der Waals surface area contributed by atoms with Crippen LogP contribution in [0.25, 0.3) is 0 Å². The van der Waals surface area contributed by atoms with Crippen LogP contribution in [-0.4, -0.2) is 55.2 Å². The van der Waals surface area contributed by atoms with Crippen LogP contribution in [0.1, 0.15) is 25.8 Å². The Hall–Kier alpha value is -1.26. The van der Waals surface area contributed by atoms with Gasteiger partial charge in [0.25, 0.3) is 0 Å². The summed E-state index contributed by atoms with van der Waals surface area (Å²) >= 11 is 0. The zero-order valence-electron chi connectivity index (χ0n) is 13.2. The predicted octanol–water partition coefficient (Wildman–Crippen LogP) is 2.56. The lowest BCUT2D eigenvalue weighted by Gasteiger charge is -2.22. The van der Waals surface area contributed by atoms with Crippen LogP contribution >= 0.6 is 0 Å². The smallest absolute Gasteiger partial charge is 0.162 e. The van der Waals surface area contributed by atoms with Crippen LogP contribution < -0.4 is 4.74 Å². The summed E-state index contributed by atoms with van der Waals surface area (Å²) < 4.78 is 5.43. The number of aromatic hydroxyl groups is 1. The number of rotatable bonds is 9. The van der Waals surface area contributed by atoms with Crippen molar-refractivity contribution in [3.05, 3.63) is 23.8 Å². The number of nitrogens with zero attached hydrogens (tertiary/aromatic N) is 2. The van der Waals surface area contributed by atoms with E-state index in [1.54, 1.807) is 0 Å². The highest BCUT2D eigenvalue weighted by molar-refractivity contribution is 5.45. The summed E-state index contributed by atoms with van der Waals surface area (Å²) in [7, 11) is 4.18. The Kier molecular flexibility index (Phi) is 7.41. The molecule has 1 aromatic carbocycles. The van der Waals surface area contributed by atoms with Crippen molar-refractivity contribution in [3.8, 4) is 11.5 Å². The highest BCUT2D eigenvalue weighted by atomic mass is 16.5. The van der Waals surface area contributed by atoms with E-state index in [0.29, 0.717) is 12.4 Å². The van der Waals surface area contributed by atoms with Crippen LogP contribution in [0, 0.1) is 0 Å². The molecule has 0 radical (unpaired) electrons. The van der Waals surface area contributed by atoms with E-state index in [0.717, 1.165) is 38.2 Å². The molecule has 114 valence electrons. The van der Waals surface area contributed by atoms with E-state index in [2.05, 4.69) is 30.8 Å². The monoisotopic (exact) mass is 280 g/mol. The molecule has 1 N–H and O–H groups in total. The van der Waals surface area contributed by atoms with Gasteiger partial charge in [-0.15, -0.1) is 0 Å². The normalized spacial score (nSPS) is 11.3. The average molecular weight is 280 g/mol. The van der Waals surface area contributed by atoms with Crippen LogP contribution in [0.2, 0.25) is 0 Å². The minimum atomic E-state index is 0.278. The zero-order valence-corrected chi connectivity index (χ0v) is 13.2. The van der Waals surface area contributed by atoms with Crippen LogP contribution in [0.3, 0.4) is 0 Å². The number of para-hydroxylation sites is 1. The van der Waals surface area contributed by atoms with Gasteiger partial charge in [0.05, 0.1) is 6.61 Å². The lowest BCUT2D eigenvalue weighted by atomic mass is 10.1. The van der Waals surface area contributed by atoms with Crippen molar-refractivity contribution in [3.63, 3.8) is 0 Å². The lowest BCUT2D eigenvalue weighted by Crippen LogP contribution is -2.27. The van der Waals surface area contributed by atoms with Crippen molar-refractivity contribution in [2.45, 2.75) is 26.8 Å². The number of phenolic OH excluding ortho intramolecular Hbond substituents is 1.